The van der Waals surface area contributed by atoms with Crippen LogP contribution < -0.4 is 4.90 Å². The fourth-order valence-electron chi connectivity index (χ4n) is 3.71. The Bertz CT molecular complexity index is 1200. The van der Waals surface area contributed by atoms with Crippen LogP contribution in [-0.4, -0.2) is 66.8 Å². The fourth-order valence-corrected chi connectivity index (χ4v) is 3.71. The monoisotopic (exact) mass is 452 g/mol. The number of nitro benzene ring substituents is 2. The number of piperazine rings is 1. The molecule has 1 aromatic carbocycles. The number of carbonyl (C=O) groups excluding carboxylic acids is 1. The van der Waals surface area contributed by atoms with Crippen LogP contribution in [0.2, 0.25) is 0 Å². The smallest absolute Gasteiger partial charge is 0.277 e. The van der Waals surface area contributed by atoms with Gasteiger partial charge in [-0.05, 0) is 32.0 Å². The van der Waals surface area contributed by atoms with Crippen LogP contribution in [0.3, 0.4) is 0 Å². The van der Waals surface area contributed by atoms with Crippen LogP contribution in [-0.2, 0) is 0 Å². The van der Waals surface area contributed by atoms with Gasteiger partial charge in [0.05, 0.1) is 27.2 Å². The van der Waals surface area contributed by atoms with Crippen molar-refractivity contribution < 1.29 is 14.6 Å². The average Bonchev–Trinajstić information content (AvgIpc) is 3.16. The minimum Gasteiger partial charge on any atom is -0.352 e. The van der Waals surface area contributed by atoms with Crippen LogP contribution >= 0.6 is 0 Å². The molecule has 0 bridgehead atoms. The standard InChI is InChI=1S/C20H20N8O5/c1-13-9-14(2)26(23-13)19-4-3-18(21-22-19)24-5-7-25(8-6-24)20(29)15-10-16(27(30)31)12-17(11-15)28(32)33/h3-4,9-12H,5-8H2,1-2H3. The minimum absolute atomic E-state index is 0.0848. The van der Waals surface area contributed by atoms with Gasteiger partial charge in [0.15, 0.2) is 11.6 Å². The number of nitrogens with zero attached hydrogens (tertiary/aromatic N) is 8. The highest BCUT2D eigenvalue weighted by Gasteiger charge is 2.26. The minimum atomic E-state index is -0.754. The molecule has 1 aliphatic heterocycles. The van der Waals surface area contributed by atoms with Gasteiger partial charge < -0.3 is 9.80 Å². The summed E-state index contributed by atoms with van der Waals surface area (Å²) in [6.45, 7) is 5.43. The summed E-state index contributed by atoms with van der Waals surface area (Å²) >= 11 is 0. The maximum atomic E-state index is 12.9. The number of aromatic nitrogens is 4. The number of amides is 1. The Morgan fingerprint density at radius 1 is 0.879 bits per heavy atom. The number of anilines is 1. The highest BCUT2D eigenvalue weighted by Crippen LogP contribution is 2.24. The fraction of sp³-hybridized carbons (Fsp3) is 0.300. The van der Waals surface area contributed by atoms with Crippen molar-refractivity contribution in [2.75, 3.05) is 31.1 Å². The molecule has 0 atom stereocenters. The molecule has 170 valence electrons. The summed E-state index contributed by atoms with van der Waals surface area (Å²) in [5.74, 6) is 0.760. The molecule has 0 spiro atoms. The second kappa shape index (κ2) is 8.61. The number of aryl methyl sites for hydroxylation is 2. The normalized spacial score (nSPS) is 13.8. The number of nitro groups is 2. The van der Waals surface area contributed by atoms with Gasteiger partial charge in [0, 0.05) is 44.0 Å². The third kappa shape index (κ3) is 4.46. The third-order valence-corrected chi connectivity index (χ3v) is 5.32. The molecule has 33 heavy (non-hydrogen) atoms. The second-order valence-electron chi connectivity index (χ2n) is 7.62. The molecule has 1 fully saturated rings. The summed E-state index contributed by atoms with van der Waals surface area (Å²) in [4.78, 5) is 37.0. The summed E-state index contributed by atoms with van der Waals surface area (Å²) in [7, 11) is 0. The maximum absolute atomic E-state index is 12.9. The van der Waals surface area contributed by atoms with Gasteiger partial charge in [-0.1, -0.05) is 0 Å². The first-order valence-electron chi connectivity index (χ1n) is 10.1. The number of carbonyl (C=O) groups is 1. The SMILES string of the molecule is Cc1cc(C)n(-c2ccc(N3CCN(C(=O)c4cc([N+](=O)[O-])cc([N+](=O)[O-])c4)CC3)nn2)n1. The Morgan fingerprint density at radius 2 is 1.45 bits per heavy atom. The number of hydrogen-bond donors (Lipinski definition) is 0. The lowest BCUT2D eigenvalue weighted by Crippen LogP contribution is -2.49. The first-order valence-corrected chi connectivity index (χ1v) is 10.1. The van der Waals surface area contributed by atoms with E-state index < -0.39 is 27.1 Å². The average molecular weight is 452 g/mol. The van der Waals surface area contributed by atoms with Crippen molar-refractivity contribution in [3.05, 3.63) is 73.6 Å². The first kappa shape index (κ1) is 21.8. The van der Waals surface area contributed by atoms with Crippen molar-refractivity contribution >= 4 is 23.1 Å². The van der Waals surface area contributed by atoms with E-state index in [-0.39, 0.29) is 5.56 Å². The van der Waals surface area contributed by atoms with E-state index in [4.69, 9.17) is 0 Å². The summed E-state index contributed by atoms with van der Waals surface area (Å²) in [6, 6.07) is 8.56. The Hall–Kier alpha value is -4.42. The lowest BCUT2D eigenvalue weighted by molar-refractivity contribution is -0.394. The van der Waals surface area contributed by atoms with Crippen molar-refractivity contribution in [2.45, 2.75) is 13.8 Å². The Kier molecular flexibility index (Phi) is 5.69. The van der Waals surface area contributed by atoms with Crippen molar-refractivity contribution in [1.29, 1.82) is 0 Å². The van der Waals surface area contributed by atoms with Gasteiger partial charge in [-0.2, -0.15) is 5.10 Å². The van der Waals surface area contributed by atoms with E-state index in [1.54, 1.807) is 4.68 Å². The van der Waals surface area contributed by atoms with Crippen molar-refractivity contribution in [3.63, 3.8) is 0 Å². The molecule has 13 nitrogen and oxygen atoms in total. The van der Waals surface area contributed by atoms with E-state index >= 15 is 0 Å². The lowest BCUT2D eigenvalue weighted by Gasteiger charge is -2.35. The topological polar surface area (TPSA) is 153 Å². The third-order valence-electron chi connectivity index (χ3n) is 5.32. The largest absolute Gasteiger partial charge is 0.352 e. The molecule has 3 aromatic rings. The van der Waals surface area contributed by atoms with Gasteiger partial charge in [-0.3, -0.25) is 25.0 Å². The van der Waals surface area contributed by atoms with E-state index in [9.17, 15) is 25.0 Å². The van der Waals surface area contributed by atoms with Crippen LogP contribution in [0, 0.1) is 34.1 Å². The van der Waals surface area contributed by atoms with Crippen molar-refractivity contribution in [3.8, 4) is 5.82 Å². The van der Waals surface area contributed by atoms with Gasteiger partial charge in [0.2, 0.25) is 0 Å². The summed E-state index contributed by atoms with van der Waals surface area (Å²) < 4.78 is 1.71. The summed E-state index contributed by atoms with van der Waals surface area (Å²) in [5.41, 5.74) is 0.753. The zero-order chi connectivity index (χ0) is 23.7. The van der Waals surface area contributed by atoms with E-state index in [0.29, 0.717) is 37.8 Å². The van der Waals surface area contributed by atoms with Crippen LogP contribution in [0.25, 0.3) is 5.82 Å². The molecule has 0 aliphatic carbocycles. The number of non-ortho nitro benzene ring substituents is 2. The molecule has 0 N–H and O–H groups in total. The lowest BCUT2D eigenvalue weighted by atomic mass is 10.1. The molecule has 1 amide bonds. The van der Waals surface area contributed by atoms with Gasteiger partial charge in [-0.15, -0.1) is 10.2 Å². The molecular formula is C20H20N8O5. The van der Waals surface area contributed by atoms with E-state index in [0.717, 1.165) is 29.6 Å². The highest BCUT2D eigenvalue weighted by atomic mass is 16.6. The molecule has 2 aromatic heterocycles. The van der Waals surface area contributed by atoms with Gasteiger partial charge in [0.1, 0.15) is 0 Å². The summed E-state index contributed by atoms with van der Waals surface area (Å²) in [6.07, 6.45) is 0. The molecule has 4 rings (SSSR count). The Labute approximate surface area is 187 Å². The predicted molar refractivity (Wildman–Crippen MR) is 116 cm³/mol. The molecule has 1 saturated heterocycles. The van der Waals surface area contributed by atoms with Gasteiger partial charge in [0.25, 0.3) is 17.3 Å². The maximum Gasteiger partial charge on any atom is 0.277 e. The molecule has 3 heterocycles. The number of benzene rings is 1. The van der Waals surface area contributed by atoms with E-state index in [2.05, 4.69) is 15.3 Å². The van der Waals surface area contributed by atoms with Gasteiger partial charge >= 0.3 is 0 Å². The molecule has 13 heteroatoms. The highest BCUT2D eigenvalue weighted by molar-refractivity contribution is 5.95. The number of hydrogen-bond acceptors (Lipinski definition) is 9. The Balaban J connectivity index is 1.45. The van der Waals surface area contributed by atoms with Crippen LogP contribution in [0.4, 0.5) is 17.2 Å². The Morgan fingerprint density at radius 3 is 1.94 bits per heavy atom. The van der Waals surface area contributed by atoms with Gasteiger partial charge in [-0.25, -0.2) is 4.68 Å². The molecular weight excluding hydrogens is 432 g/mol. The zero-order valence-electron chi connectivity index (χ0n) is 17.9. The number of rotatable bonds is 5. The zero-order valence-corrected chi connectivity index (χ0v) is 17.9. The first-order chi connectivity index (χ1) is 15.7. The molecule has 0 radical (unpaired) electrons. The molecule has 1 aliphatic rings. The second-order valence-corrected chi connectivity index (χ2v) is 7.62. The predicted octanol–water partition coefficient (Wildman–Crippen LogP) is 2.06. The molecule has 0 unspecified atom stereocenters. The van der Waals surface area contributed by atoms with E-state index in [1.807, 2.05) is 36.9 Å². The summed E-state index contributed by atoms with van der Waals surface area (Å²) in [5, 5.41) is 35.1. The molecule has 0 saturated carbocycles. The van der Waals surface area contributed by atoms with Crippen molar-refractivity contribution in [1.82, 2.24) is 24.9 Å². The van der Waals surface area contributed by atoms with E-state index in [1.165, 1.54) is 4.90 Å². The van der Waals surface area contributed by atoms with Crippen LogP contribution in [0.5, 0.6) is 0 Å². The van der Waals surface area contributed by atoms with Crippen LogP contribution in [0.1, 0.15) is 21.7 Å². The van der Waals surface area contributed by atoms with Crippen LogP contribution in [0.15, 0.2) is 36.4 Å². The quantitative estimate of drug-likeness (QED) is 0.418. The van der Waals surface area contributed by atoms with Crippen molar-refractivity contribution in [2.24, 2.45) is 0 Å².